The Kier molecular flexibility index (Phi) is 3.33. The maximum absolute atomic E-state index is 10.4. The zero-order chi connectivity index (χ0) is 9.68. The number of nitrogens with zero attached hydrogens (tertiary/aromatic N) is 2. The number of nitrogens with two attached hydrogens (primary N) is 1. The van der Waals surface area contributed by atoms with Gasteiger partial charge in [0.05, 0.1) is 4.88 Å². The second kappa shape index (κ2) is 4.51. The number of hydrogen-bond acceptors (Lipinski definition) is 5. The van der Waals surface area contributed by atoms with E-state index in [9.17, 15) is 4.79 Å². The molecule has 1 aromatic rings. The normalized spacial score (nSPS) is 12.2. The van der Waals surface area contributed by atoms with Crippen LogP contribution in [0.15, 0.2) is 17.4 Å². The van der Waals surface area contributed by atoms with Crippen molar-refractivity contribution < 1.29 is 4.79 Å². The van der Waals surface area contributed by atoms with E-state index in [1.807, 2.05) is 0 Å². The Hall–Kier alpha value is -1.49. The number of hydrogen-bond donors (Lipinski definition) is 1. The minimum atomic E-state index is 0.582. The predicted octanol–water partition coefficient (Wildman–Crippen LogP) is 0.956. The Labute approximate surface area is 79.8 Å². The van der Waals surface area contributed by atoms with Crippen LogP contribution in [0, 0.1) is 0 Å². The molecular formula is C8H9N3OS. The van der Waals surface area contributed by atoms with Gasteiger partial charge in [-0.15, -0.1) is 11.3 Å². The summed E-state index contributed by atoms with van der Waals surface area (Å²) in [5.41, 5.74) is 6.09. The van der Waals surface area contributed by atoms with E-state index < -0.39 is 0 Å². The van der Waals surface area contributed by atoms with E-state index in [-0.39, 0.29) is 0 Å². The van der Waals surface area contributed by atoms with Crippen molar-refractivity contribution >= 4 is 29.4 Å². The van der Waals surface area contributed by atoms with E-state index in [2.05, 4.69) is 9.98 Å². The molecule has 2 N–H and O–H groups in total. The van der Waals surface area contributed by atoms with E-state index in [0.717, 1.165) is 11.9 Å². The molecule has 0 bridgehead atoms. The SMILES string of the molecule is CN=C/C(=C\N)c1ncc(C=O)s1. The van der Waals surface area contributed by atoms with Gasteiger partial charge in [-0.25, -0.2) is 4.98 Å². The van der Waals surface area contributed by atoms with E-state index in [4.69, 9.17) is 5.73 Å². The third kappa shape index (κ3) is 2.22. The molecule has 0 aliphatic heterocycles. The predicted molar refractivity (Wildman–Crippen MR) is 54.1 cm³/mol. The van der Waals surface area contributed by atoms with Crippen molar-refractivity contribution in [3.05, 3.63) is 22.3 Å². The van der Waals surface area contributed by atoms with Crippen molar-refractivity contribution in [3.8, 4) is 0 Å². The molecule has 1 aromatic heterocycles. The van der Waals surface area contributed by atoms with Crippen LogP contribution in [0.1, 0.15) is 14.7 Å². The van der Waals surface area contributed by atoms with Crippen LogP contribution in [0.2, 0.25) is 0 Å². The molecule has 0 aliphatic carbocycles. The third-order valence-corrected chi connectivity index (χ3v) is 2.31. The average molecular weight is 195 g/mol. The van der Waals surface area contributed by atoms with Crippen LogP contribution in [-0.2, 0) is 0 Å². The highest BCUT2D eigenvalue weighted by Crippen LogP contribution is 2.17. The van der Waals surface area contributed by atoms with Gasteiger partial charge < -0.3 is 5.73 Å². The second-order valence-corrected chi connectivity index (χ2v) is 3.26. The highest BCUT2D eigenvalue weighted by Gasteiger charge is 2.03. The average Bonchev–Trinajstić information content (AvgIpc) is 2.62. The van der Waals surface area contributed by atoms with Gasteiger partial charge in [0.2, 0.25) is 0 Å². The van der Waals surface area contributed by atoms with Crippen LogP contribution in [0.5, 0.6) is 0 Å². The summed E-state index contributed by atoms with van der Waals surface area (Å²) in [4.78, 5) is 18.8. The van der Waals surface area contributed by atoms with Crippen molar-refractivity contribution in [2.24, 2.45) is 10.7 Å². The lowest BCUT2D eigenvalue weighted by atomic mass is 10.3. The van der Waals surface area contributed by atoms with Gasteiger partial charge in [0.25, 0.3) is 0 Å². The number of aromatic nitrogens is 1. The van der Waals surface area contributed by atoms with Gasteiger partial charge in [0, 0.05) is 31.2 Å². The van der Waals surface area contributed by atoms with Crippen molar-refractivity contribution in [2.45, 2.75) is 0 Å². The zero-order valence-corrected chi connectivity index (χ0v) is 7.91. The minimum Gasteiger partial charge on any atom is -0.404 e. The molecule has 5 heteroatoms. The number of carbonyl (C=O) groups is 1. The zero-order valence-electron chi connectivity index (χ0n) is 7.10. The summed E-state index contributed by atoms with van der Waals surface area (Å²) in [6.45, 7) is 0. The summed E-state index contributed by atoms with van der Waals surface area (Å²) in [6.07, 6.45) is 5.30. The highest BCUT2D eigenvalue weighted by molar-refractivity contribution is 7.14. The quantitative estimate of drug-likeness (QED) is 0.577. The molecule has 1 rings (SSSR count). The first-order chi connectivity index (χ1) is 6.31. The number of rotatable bonds is 3. The molecule has 1 heterocycles. The summed E-state index contributed by atoms with van der Waals surface area (Å²) in [5, 5.41) is 0.704. The Morgan fingerprint density at radius 2 is 2.54 bits per heavy atom. The Balaban J connectivity index is 2.99. The Morgan fingerprint density at radius 3 is 3.00 bits per heavy atom. The summed E-state index contributed by atoms with van der Waals surface area (Å²) >= 11 is 1.29. The van der Waals surface area contributed by atoms with Gasteiger partial charge in [-0.05, 0) is 0 Å². The molecule has 4 nitrogen and oxygen atoms in total. The summed E-state index contributed by atoms with van der Waals surface area (Å²) < 4.78 is 0. The van der Waals surface area contributed by atoms with Crippen LogP contribution in [-0.4, -0.2) is 24.5 Å². The van der Waals surface area contributed by atoms with Crippen LogP contribution < -0.4 is 5.73 Å². The molecule has 0 atom stereocenters. The minimum absolute atomic E-state index is 0.582. The lowest BCUT2D eigenvalue weighted by molar-refractivity contribution is 0.112. The lowest BCUT2D eigenvalue weighted by Gasteiger charge is -1.91. The number of allylic oxidation sites excluding steroid dienone is 1. The fourth-order valence-electron chi connectivity index (χ4n) is 0.783. The summed E-state index contributed by atoms with van der Waals surface area (Å²) in [5.74, 6) is 0. The van der Waals surface area contributed by atoms with E-state index >= 15 is 0 Å². The summed E-state index contributed by atoms with van der Waals surface area (Å²) in [7, 11) is 1.65. The molecule has 0 fully saturated rings. The lowest BCUT2D eigenvalue weighted by Crippen LogP contribution is -1.89. The third-order valence-electron chi connectivity index (χ3n) is 1.33. The van der Waals surface area contributed by atoms with Gasteiger partial charge in [0.1, 0.15) is 5.01 Å². The van der Waals surface area contributed by atoms with E-state index in [1.54, 1.807) is 13.3 Å². The first-order valence-electron chi connectivity index (χ1n) is 3.57. The number of carbonyl (C=O) groups excluding carboxylic acids is 1. The van der Waals surface area contributed by atoms with Gasteiger partial charge in [-0.3, -0.25) is 9.79 Å². The molecule has 68 valence electrons. The molecule has 0 spiro atoms. The van der Waals surface area contributed by atoms with Crippen molar-refractivity contribution in [1.82, 2.24) is 4.98 Å². The molecule has 0 saturated carbocycles. The van der Waals surface area contributed by atoms with Crippen LogP contribution in [0.25, 0.3) is 5.57 Å². The largest absolute Gasteiger partial charge is 0.404 e. The topological polar surface area (TPSA) is 68.3 Å². The van der Waals surface area contributed by atoms with Crippen LogP contribution in [0.4, 0.5) is 0 Å². The smallest absolute Gasteiger partial charge is 0.161 e. The molecule has 13 heavy (non-hydrogen) atoms. The number of aldehydes is 1. The molecule has 0 unspecified atom stereocenters. The first kappa shape index (κ1) is 9.60. The number of thiazole rings is 1. The van der Waals surface area contributed by atoms with Gasteiger partial charge in [-0.1, -0.05) is 0 Å². The summed E-state index contributed by atoms with van der Waals surface area (Å²) in [6, 6.07) is 0. The molecule has 0 saturated heterocycles. The van der Waals surface area contributed by atoms with E-state index in [0.29, 0.717) is 9.88 Å². The van der Waals surface area contributed by atoms with Gasteiger partial charge in [0.15, 0.2) is 6.29 Å². The van der Waals surface area contributed by atoms with Crippen LogP contribution in [0.3, 0.4) is 0 Å². The highest BCUT2D eigenvalue weighted by atomic mass is 32.1. The fourth-order valence-corrected chi connectivity index (χ4v) is 1.50. The van der Waals surface area contributed by atoms with E-state index in [1.165, 1.54) is 23.7 Å². The van der Waals surface area contributed by atoms with Gasteiger partial charge >= 0.3 is 0 Å². The van der Waals surface area contributed by atoms with Crippen molar-refractivity contribution in [3.63, 3.8) is 0 Å². The molecule has 0 radical (unpaired) electrons. The molecular weight excluding hydrogens is 186 g/mol. The number of aliphatic imine (C=N–C) groups is 1. The van der Waals surface area contributed by atoms with Crippen molar-refractivity contribution in [2.75, 3.05) is 7.05 Å². The standard InChI is InChI=1S/C8H9N3OS/c1-10-3-6(2-9)8-11-4-7(5-12)13-8/h2-5H,9H2,1H3/b6-2+,10-3?. The Bertz CT molecular complexity index is 354. The first-order valence-corrected chi connectivity index (χ1v) is 4.39. The monoisotopic (exact) mass is 195 g/mol. The van der Waals surface area contributed by atoms with Gasteiger partial charge in [-0.2, -0.15) is 0 Å². The Morgan fingerprint density at radius 1 is 1.77 bits per heavy atom. The second-order valence-electron chi connectivity index (χ2n) is 2.19. The molecule has 0 amide bonds. The molecule has 0 aromatic carbocycles. The maximum Gasteiger partial charge on any atom is 0.161 e. The van der Waals surface area contributed by atoms with Crippen LogP contribution >= 0.6 is 11.3 Å². The van der Waals surface area contributed by atoms with Crippen molar-refractivity contribution in [1.29, 1.82) is 0 Å². The maximum atomic E-state index is 10.4. The molecule has 0 aliphatic rings. The fraction of sp³-hybridized carbons (Fsp3) is 0.125.